The molecule has 0 unspecified atom stereocenters. The van der Waals surface area contributed by atoms with Crippen molar-refractivity contribution < 1.29 is 9.53 Å². The molecule has 0 fully saturated rings. The number of aromatic nitrogens is 2. The Balaban J connectivity index is 0.00000392. The molecule has 1 aromatic heterocycles. The number of hydrogen-bond acceptors (Lipinski definition) is 6. The highest BCUT2D eigenvalue weighted by Gasteiger charge is 2.17. The molecule has 0 aliphatic heterocycles. The number of rotatable bonds is 10. The van der Waals surface area contributed by atoms with Crippen molar-refractivity contribution in [1.82, 2.24) is 9.55 Å². The van der Waals surface area contributed by atoms with Crippen LogP contribution in [0.5, 0.6) is 0 Å². The minimum atomic E-state index is -0.602. The highest BCUT2D eigenvalue weighted by atomic mass is 35.5. The zero-order valence-electron chi connectivity index (χ0n) is 15.7. The summed E-state index contributed by atoms with van der Waals surface area (Å²) < 4.78 is 6.32. The number of aromatic amines is 1. The number of ether oxygens (including phenoxy) is 1. The van der Waals surface area contributed by atoms with E-state index in [2.05, 4.69) is 15.6 Å². The van der Waals surface area contributed by atoms with Crippen molar-refractivity contribution in [2.45, 2.75) is 19.4 Å². The van der Waals surface area contributed by atoms with E-state index in [-0.39, 0.29) is 49.3 Å². The second-order valence-corrected chi connectivity index (χ2v) is 5.91. The van der Waals surface area contributed by atoms with Crippen molar-refractivity contribution in [2.75, 3.05) is 37.4 Å². The molecule has 0 radical (unpaired) electrons. The van der Waals surface area contributed by atoms with Crippen LogP contribution in [0, 0.1) is 0 Å². The summed E-state index contributed by atoms with van der Waals surface area (Å²) in [7, 11) is 1.59. The zero-order valence-corrected chi connectivity index (χ0v) is 16.5. The normalized spacial score (nSPS) is 10.2. The molecule has 1 aromatic carbocycles. The quantitative estimate of drug-likeness (QED) is 0.426. The van der Waals surface area contributed by atoms with Crippen LogP contribution >= 0.6 is 12.4 Å². The molecule has 2 aromatic rings. The number of carbonyl (C=O) groups is 1. The van der Waals surface area contributed by atoms with E-state index in [1.54, 1.807) is 7.11 Å². The van der Waals surface area contributed by atoms with Crippen molar-refractivity contribution in [1.29, 1.82) is 0 Å². The Morgan fingerprint density at radius 2 is 1.96 bits per heavy atom. The first-order valence-electron chi connectivity index (χ1n) is 8.70. The summed E-state index contributed by atoms with van der Waals surface area (Å²) in [4.78, 5) is 39.1. The fourth-order valence-corrected chi connectivity index (χ4v) is 2.54. The maximum absolute atomic E-state index is 12.4. The lowest BCUT2D eigenvalue weighted by Gasteiger charge is -2.18. The molecule has 0 saturated heterocycles. The molecule has 0 spiro atoms. The maximum atomic E-state index is 12.4. The fraction of sp³-hybridized carbons (Fsp3) is 0.389. The van der Waals surface area contributed by atoms with Crippen molar-refractivity contribution in [3.8, 4) is 0 Å². The van der Waals surface area contributed by atoms with E-state index in [4.69, 9.17) is 10.5 Å². The van der Waals surface area contributed by atoms with Crippen LogP contribution in [0.4, 0.5) is 11.5 Å². The van der Waals surface area contributed by atoms with Crippen LogP contribution in [0.15, 0.2) is 39.9 Å². The first-order chi connectivity index (χ1) is 13.1. The lowest BCUT2D eigenvalue weighted by atomic mass is 10.2. The Morgan fingerprint density at radius 3 is 2.61 bits per heavy atom. The number of amides is 1. The van der Waals surface area contributed by atoms with Gasteiger partial charge in [-0.25, -0.2) is 4.79 Å². The molecular weight excluding hydrogens is 386 g/mol. The molecule has 5 N–H and O–H groups in total. The third kappa shape index (κ3) is 6.52. The van der Waals surface area contributed by atoms with Gasteiger partial charge in [0.15, 0.2) is 0 Å². The van der Waals surface area contributed by atoms with Crippen LogP contribution in [0.25, 0.3) is 0 Å². The predicted molar refractivity (Wildman–Crippen MR) is 111 cm³/mol. The summed E-state index contributed by atoms with van der Waals surface area (Å²) in [5, 5.41) is 5.64. The molecule has 9 nitrogen and oxygen atoms in total. The molecule has 0 saturated carbocycles. The van der Waals surface area contributed by atoms with Crippen LogP contribution in [0.2, 0.25) is 0 Å². The van der Waals surface area contributed by atoms with Gasteiger partial charge in [0, 0.05) is 33.2 Å². The number of nitrogens with one attached hydrogen (secondary N) is 3. The molecule has 1 amide bonds. The highest BCUT2D eigenvalue weighted by molar-refractivity contribution is 5.93. The monoisotopic (exact) mass is 411 g/mol. The van der Waals surface area contributed by atoms with E-state index in [9.17, 15) is 14.4 Å². The molecule has 28 heavy (non-hydrogen) atoms. The fourth-order valence-electron chi connectivity index (χ4n) is 2.54. The lowest BCUT2D eigenvalue weighted by Crippen LogP contribution is -2.36. The largest absolute Gasteiger partial charge is 0.385 e. The first-order valence-corrected chi connectivity index (χ1v) is 8.70. The van der Waals surface area contributed by atoms with E-state index in [1.165, 1.54) is 4.57 Å². The summed E-state index contributed by atoms with van der Waals surface area (Å²) in [6.07, 6.45) is 0.735. The number of halogens is 1. The molecule has 0 aliphatic rings. The van der Waals surface area contributed by atoms with Crippen molar-refractivity contribution in [3.63, 3.8) is 0 Å². The number of nitrogens with zero attached hydrogens (tertiary/aromatic N) is 1. The van der Waals surface area contributed by atoms with Crippen LogP contribution in [0.3, 0.4) is 0 Å². The number of hydrogen-bond donors (Lipinski definition) is 4. The van der Waals surface area contributed by atoms with Gasteiger partial charge in [-0.1, -0.05) is 30.3 Å². The average Bonchev–Trinajstić information content (AvgIpc) is 2.65. The second-order valence-electron chi connectivity index (χ2n) is 5.91. The number of methoxy groups -OCH3 is 1. The van der Waals surface area contributed by atoms with Crippen LogP contribution in [-0.4, -0.2) is 42.3 Å². The number of nitrogens with two attached hydrogens (primary N) is 1. The van der Waals surface area contributed by atoms with E-state index >= 15 is 0 Å². The number of H-pyrrole nitrogens is 1. The first kappa shape index (κ1) is 23.4. The number of carbonyl (C=O) groups excluding carboxylic acids is 1. The summed E-state index contributed by atoms with van der Waals surface area (Å²) in [5.41, 5.74) is 5.22. The van der Waals surface area contributed by atoms with Crippen molar-refractivity contribution >= 4 is 29.8 Å². The van der Waals surface area contributed by atoms with Crippen LogP contribution in [-0.2, 0) is 16.1 Å². The zero-order chi connectivity index (χ0) is 19.6. The third-order valence-corrected chi connectivity index (χ3v) is 3.84. The average molecular weight is 412 g/mol. The Kier molecular flexibility index (Phi) is 10.0. The summed E-state index contributed by atoms with van der Waals surface area (Å²) >= 11 is 0. The van der Waals surface area contributed by atoms with E-state index in [0.29, 0.717) is 19.6 Å². The van der Waals surface area contributed by atoms with Gasteiger partial charge in [0.25, 0.3) is 5.56 Å². The van der Waals surface area contributed by atoms with Gasteiger partial charge in [0.1, 0.15) is 11.5 Å². The summed E-state index contributed by atoms with van der Waals surface area (Å²) in [6, 6.07) is 9.28. The standard InChI is InChI=1S/C18H25N5O4.ClH/c1-27-11-5-10-20-15-16(21-14(24)8-9-19)23(18(26)22-17(15)25)12-13-6-3-2-4-7-13;/h2-4,6-7,20H,5,8-12,19H2,1H3,(H,21,24)(H,22,25,26);1H. The predicted octanol–water partition coefficient (Wildman–Crippen LogP) is 0.742. The summed E-state index contributed by atoms with van der Waals surface area (Å²) in [6.45, 7) is 1.32. The van der Waals surface area contributed by atoms with Crippen LogP contribution < -0.4 is 27.6 Å². The van der Waals surface area contributed by atoms with Gasteiger partial charge in [-0.05, 0) is 12.0 Å². The minimum absolute atomic E-state index is 0. The molecule has 2 rings (SSSR count). The smallest absolute Gasteiger partial charge is 0.330 e. The molecule has 0 bridgehead atoms. The maximum Gasteiger partial charge on any atom is 0.330 e. The van der Waals surface area contributed by atoms with Gasteiger partial charge < -0.3 is 21.1 Å². The molecule has 0 atom stereocenters. The van der Waals surface area contributed by atoms with Crippen molar-refractivity contribution in [3.05, 3.63) is 56.7 Å². The van der Waals surface area contributed by atoms with Gasteiger partial charge >= 0.3 is 5.69 Å². The molecule has 0 aliphatic carbocycles. The topological polar surface area (TPSA) is 131 Å². The SMILES string of the molecule is COCCCNc1c(NC(=O)CCN)n(Cc2ccccc2)c(=O)[nH]c1=O.Cl. The number of anilines is 2. The Morgan fingerprint density at radius 1 is 1.25 bits per heavy atom. The third-order valence-electron chi connectivity index (χ3n) is 3.84. The van der Waals surface area contributed by atoms with Gasteiger partial charge in [0.05, 0.1) is 6.54 Å². The molecule has 154 valence electrons. The van der Waals surface area contributed by atoms with Gasteiger partial charge in [0.2, 0.25) is 5.91 Å². The molecule has 1 heterocycles. The van der Waals surface area contributed by atoms with Crippen molar-refractivity contribution in [2.24, 2.45) is 5.73 Å². The molecular formula is C18H26ClN5O4. The van der Waals surface area contributed by atoms with E-state index in [1.807, 2.05) is 30.3 Å². The van der Waals surface area contributed by atoms with E-state index in [0.717, 1.165) is 5.56 Å². The van der Waals surface area contributed by atoms with Gasteiger partial charge in [-0.3, -0.25) is 19.1 Å². The van der Waals surface area contributed by atoms with Gasteiger partial charge in [-0.2, -0.15) is 0 Å². The minimum Gasteiger partial charge on any atom is -0.385 e. The molecule has 10 heteroatoms. The van der Waals surface area contributed by atoms with E-state index < -0.39 is 11.2 Å². The Hall–Kier alpha value is -2.62. The number of benzene rings is 1. The van der Waals surface area contributed by atoms with Crippen LogP contribution in [0.1, 0.15) is 18.4 Å². The van der Waals surface area contributed by atoms with Gasteiger partial charge in [-0.15, -0.1) is 12.4 Å². The Labute approximate surface area is 168 Å². The Bertz CT molecular complexity index is 867. The highest BCUT2D eigenvalue weighted by Crippen LogP contribution is 2.17. The summed E-state index contributed by atoms with van der Waals surface area (Å²) in [5.74, 6) is -0.243. The lowest BCUT2D eigenvalue weighted by molar-refractivity contribution is -0.116. The second kappa shape index (κ2) is 12.0.